The number of anilines is 2. The molecular formula is C21H18Cl2N2O2. The highest BCUT2D eigenvalue weighted by atomic mass is 35.5. The van der Waals surface area contributed by atoms with Crippen LogP contribution in [0.25, 0.3) is 11.1 Å². The first-order chi connectivity index (χ1) is 13.1. The van der Waals surface area contributed by atoms with Crippen LogP contribution in [0.1, 0.15) is 5.56 Å². The third-order valence-electron chi connectivity index (χ3n) is 4.02. The van der Waals surface area contributed by atoms with Gasteiger partial charge in [0.1, 0.15) is 0 Å². The fourth-order valence-electron chi connectivity index (χ4n) is 2.72. The molecule has 138 valence electrons. The maximum absolute atomic E-state index is 12.4. The maximum Gasteiger partial charge on any atom is 0.323 e. The molecule has 4 nitrogen and oxygen atoms in total. The van der Waals surface area contributed by atoms with Gasteiger partial charge in [-0.15, -0.1) is 0 Å². The second-order valence-electron chi connectivity index (χ2n) is 5.92. The third-order valence-corrected chi connectivity index (χ3v) is 4.76. The van der Waals surface area contributed by atoms with Crippen LogP contribution in [0.3, 0.4) is 0 Å². The van der Waals surface area contributed by atoms with Crippen LogP contribution in [0.4, 0.5) is 16.2 Å². The summed E-state index contributed by atoms with van der Waals surface area (Å²) in [6.45, 7) is 0.0199. The van der Waals surface area contributed by atoms with E-state index in [4.69, 9.17) is 28.3 Å². The maximum atomic E-state index is 12.4. The molecule has 3 rings (SSSR count). The monoisotopic (exact) mass is 400 g/mol. The van der Waals surface area contributed by atoms with Gasteiger partial charge in [0, 0.05) is 18.0 Å². The number of benzene rings is 3. The standard InChI is InChI=1S/C21H18Cl2N2O2/c22-18-9-8-16(13-19(18)23)15-5-3-6-17(12-15)24-21(27)25-20-7-2-1-4-14(20)10-11-26/h1-9,12-13,26H,10-11H2,(H2,24,25,27). The Labute approximate surface area is 167 Å². The number of nitrogens with one attached hydrogen (secondary N) is 2. The Hall–Kier alpha value is -2.53. The normalized spacial score (nSPS) is 10.5. The molecule has 0 atom stereocenters. The van der Waals surface area contributed by atoms with E-state index in [1.54, 1.807) is 24.3 Å². The number of rotatable bonds is 5. The number of halogens is 2. The van der Waals surface area contributed by atoms with Crippen molar-refractivity contribution in [1.29, 1.82) is 0 Å². The largest absolute Gasteiger partial charge is 0.396 e. The first-order valence-corrected chi connectivity index (χ1v) is 9.14. The van der Waals surface area contributed by atoms with Gasteiger partial charge in [0.05, 0.1) is 10.0 Å². The van der Waals surface area contributed by atoms with E-state index in [0.717, 1.165) is 16.7 Å². The van der Waals surface area contributed by atoms with Crippen molar-refractivity contribution in [3.8, 4) is 11.1 Å². The lowest BCUT2D eigenvalue weighted by atomic mass is 10.1. The lowest BCUT2D eigenvalue weighted by Gasteiger charge is -2.12. The Bertz CT molecular complexity index is 960. The highest BCUT2D eigenvalue weighted by Crippen LogP contribution is 2.29. The third kappa shape index (κ3) is 5.01. The summed E-state index contributed by atoms with van der Waals surface area (Å²) in [5.41, 5.74) is 4.01. The summed E-state index contributed by atoms with van der Waals surface area (Å²) in [6, 6.07) is 19.9. The molecule has 0 aromatic heterocycles. The predicted octanol–water partition coefficient (Wildman–Crippen LogP) is 5.84. The molecule has 0 fully saturated rings. The Morgan fingerprint density at radius 1 is 0.852 bits per heavy atom. The average molecular weight is 401 g/mol. The van der Waals surface area contributed by atoms with Crippen molar-refractivity contribution in [3.63, 3.8) is 0 Å². The molecule has 0 saturated heterocycles. The van der Waals surface area contributed by atoms with Crippen LogP contribution in [0, 0.1) is 0 Å². The van der Waals surface area contributed by atoms with Gasteiger partial charge >= 0.3 is 6.03 Å². The van der Waals surface area contributed by atoms with Gasteiger partial charge < -0.3 is 15.7 Å². The molecule has 3 N–H and O–H groups in total. The minimum atomic E-state index is -0.355. The van der Waals surface area contributed by atoms with Crippen molar-refractivity contribution >= 4 is 40.6 Å². The number of hydrogen-bond donors (Lipinski definition) is 3. The molecule has 2 amide bonds. The molecule has 3 aromatic rings. The molecule has 27 heavy (non-hydrogen) atoms. The van der Waals surface area contributed by atoms with Gasteiger partial charge in [-0.25, -0.2) is 4.79 Å². The summed E-state index contributed by atoms with van der Waals surface area (Å²) in [7, 11) is 0. The second kappa shape index (κ2) is 8.91. The highest BCUT2D eigenvalue weighted by molar-refractivity contribution is 6.42. The number of aliphatic hydroxyl groups is 1. The predicted molar refractivity (Wildman–Crippen MR) is 112 cm³/mol. The molecule has 6 heteroatoms. The van der Waals surface area contributed by atoms with Gasteiger partial charge in [0.25, 0.3) is 0 Å². The lowest BCUT2D eigenvalue weighted by molar-refractivity contribution is 0.262. The fourth-order valence-corrected chi connectivity index (χ4v) is 3.02. The van der Waals surface area contributed by atoms with E-state index < -0.39 is 0 Å². The van der Waals surface area contributed by atoms with Crippen LogP contribution in [0.5, 0.6) is 0 Å². The zero-order valence-corrected chi connectivity index (χ0v) is 15.9. The zero-order valence-electron chi connectivity index (χ0n) is 14.4. The Morgan fingerprint density at radius 3 is 2.41 bits per heavy atom. The molecule has 0 aliphatic carbocycles. The van der Waals surface area contributed by atoms with E-state index >= 15 is 0 Å². The summed E-state index contributed by atoms with van der Waals surface area (Å²) >= 11 is 12.1. The topological polar surface area (TPSA) is 61.4 Å². The Kier molecular flexibility index (Phi) is 6.35. The smallest absolute Gasteiger partial charge is 0.323 e. The van der Waals surface area contributed by atoms with Crippen molar-refractivity contribution < 1.29 is 9.90 Å². The molecule has 0 saturated carbocycles. The number of para-hydroxylation sites is 1. The molecule has 0 radical (unpaired) electrons. The number of aliphatic hydroxyl groups excluding tert-OH is 1. The van der Waals surface area contributed by atoms with Gasteiger partial charge in [0.15, 0.2) is 0 Å². The lowest BCUT2D eigenvalue weighted by Crippen LogP contribution is -2.20. The van der Waals surface area contributed by atoms with Crippen molar-refractivity contribution in [2.45, 2.75) is 6.42 Å². The van der Waals surface area contributed by atoms with Crippen LogP contribution in [-0.2, 0) is 6.42 Å². The van der Waals surface area contributed by atoms with Crippen LogP contribution in [0.15, 0.2) is 66.7 Å². The number of carbonyl (C=O) groups is 1. The quantitative estimate of drug-likeness (QED) is 0.503. The van der Waals surface area contributed by atoms with E-state index in [9.17, 15) is 4.79 Å². The van der Waals surface area contributed by atoms with Gasteiger partial charge in [-0.3, -0.25) is 0 Å². The van der Waals surface area contributed by atoms with Crippen LogP contribution in [-0.4, -0.2) is 17.7 Å². The van der Waals surface area contributed by atoms with Crippen molar-refractivity contribution in [1.82, 2.24) is 0 Å². The molecule has 0 heterocycles. The summed E-state index contributed by atoms with van der Waals surface area (Å²) in [4.78, 5) is 12.4. The first-order valence-electron chi connectivity index (χ1n) is 8.39. The molecule has 0 aliphatic rings. The SMILES string of the molecule is O=C(Nc1cccc(-c2ccc(Cl)c(Cl)c2)c1)Nc1ccccc1CCO. The van der Waals surface area contributed by atoms with Gasteiger partial charge in [-0.1, -0.05) is 59.6 Å². The van der Waals surface area contributed by atoms with E-state index in [2.05, 4.69) is 10.6 Å². The van der Waals surface area contributed by atoms with Gasteiger partial charge in [0.2, 0.25) is 0 Å². The van der Waals surface area contributed by atoms with E-state index in [0.29, 0.717) is 27.8 Å². The van der Waals surface area contributed by atoms with E-state index in [-0.39, 0.29) is 12.6 Å². The Morgan fingerprint density at radius 2 is 1.63 bits per heavy atom. The second-order valence-corrected chi connectivity index (χ2v) is 6.73. The molecule has 0 spiro atoms. The summed E-state index contributed by atoms with van der Waals surface area (Å²) in [6.07, 6.45) is 0.475. The molecule has 0 aliphatic heterocycles. The first kappa shape index (κ1) is 19.2. The summed E-state index contributed by atoms with van der Waals surface area (Å²) < 4.78 is 0. The molecule has 3 aromatic carbocycles. The van der Waals surface area contributed by atoms with Crippen molar-refractivity contribution in [3.05, 3.63) is 82.3 Å². The number of amides is 2. The van der Waals surface area contributed by atoms with Gasteiger partial charge in [-0.2, -0.15) is 0 Å². The van der Waals surface area contributed by atoms with E-state index in [1.807, 2.05) is 42.5 Å². The van der Waals surface area contributed by atoms with Crippen LogP contribution >= 0.6 is 23.2 Å². The van der Waals surface area contributed by atoms with Crippen molar-refractivity contribution in [2.24, 2.45) is 0 Å². The highest BCUT2D eigenvalue weighted by Gasteiger charge is 2.08. The average Bonchev–Trinajstić information content (AvgIpc) is 2.66. The minimum absolute atomic E-state index is 0.0199. The Balaban J connectivity index is 1.74. The minimum Gasteiger partial charge on any atom is -0.396 e. The number of hydrogen-bond acceptors (Lipinski definition) is 2. The zero-order chi connectivity index (χ0) is 19.2. The molecule has 0 unspecified atom stereocenters. The summed E-state index contributed by atoms with van der Waals surface area (Å²) in [5, 5.41) is 15.8. The number of urea groups is 1. The fraction of sp³-hybridized carbons (Fsp3) is 0.0952. The molecular weight excluding hydrogens is 383 g/mol. The van der Waals surface area contributed by atoms with Crippen LogP contribution < -0.4 is 10.6 Å². The summed E-state index contributed by atoms with van der Waals surface area (Å²) in [5.74, 6) is 0. The van der Waals surface area contributed by atoms with E-state index in [1.165, 1.54) is 0 Å². The van der Waals surface area contributed by atoms with Gasteiger partial charge in [-0.05, 0) is 53.4 Å². The number of carbonyl (C=O) groups excluding carboxylic acids is 1. The van der Waals surface area contributed by atoms with Crippen molar-refractivity contribution in [2.75, 3.05) is 17.2 Å². The van der Waals surface area contributed by atoms with Crippen LogP contribution in [0.2, 0.25) is 10.0 Å². The molecule has 0 bridgehead atoms.